The van der Waals surface area contributed by atoms with Gasteiger partial charge in [-0.2, -0.15) is 0 Å². The molecule has 2 aliphatic heterocycles. The topological polar surface area (TPSA) is 246 Å². The zero-order valence-electron chi connectivity index (χ0n) is 48.5. The number of nitrogens with zero attached hydrogens (tertiary/aromatic N) is 3. The summed E-state index contributed by atoms with van der Waals surface area (Å²) in [4.78, 5) is 115. The molecule has 440 valence electrons. The van der Waals surface area contributed by atoms with E-state index in [1.807, 2.05) is 58.0 Å². The summed E-state index contributed by atoms with van der Waals surface area (Å²) in [6.45, 7) is 19.1. The molecule has 9 atom stereocenters. The van der Waals surface area contributed by atoms with Crippen LogP contribution >= 0.6 is 32.9 Å². The van der Waals surface area contributed by atoms with Gasteiger partial charge >= 0.3 is 11.9 Å². The molecular weight excluding hydrogens is 1070 g/mol. The molecule has 1 aliphatic carbocycles. The van der Waals surface area contributed by atoms with Crippen molar-refractivity contribution in [3.05, 3.63) is 52.0 Å². The first-order chi connectivity index (χ1) is 37.4. The van der Waals surface area contributed by atoms with Gasteiger partial charge in [-0.05, 0) is 108 Å². The van der Waals surface area contributed by atoms with Gasteiger partial charge in [0.25, 0.3) is 11.8 Å². The Labute approximate surface area is 480 Å². The van der Waals surface area contributed by atoms with Crippen molar-refractivity contribution in [1.29, 1.82) is 0 Å². The number of carboxylic acids is 1. The highest BCUT2D eigenvalue weighted by atomic mass is 33.1. The molecule has 5 N–H and O–H groups in total. The van der Waals surface area contributed by atoms with Crippen molar-refractivity contribution < 1.29 is 52.9 Å². The number of aliphatic carboxylic acids is 1. The van der Waals surface area contributed by atoms with Gasteiger partial charge in [-0.1, -0.05) is 106 Å². The van der Waals surface area contributed by atoms with Crippen molar-refractivity contribution in [3.63, 3.8) is 0 Å². The van der Waals surface area contributed by atoms with Crippen molar-refractivity contribution in [3.8, 4) is 0 Å². The number of ether oxygens (including phenoxy) is 2. The van der Waals surface area contributed by atoms with Crippen molar-refractivity contribution in [2.24, 2.45) is 17.8 Å². The zero-order chi connectivity index (χ0) is 58.2. The molecule has 6 amide bonds. The second-order valence-corrected chi connectivity index (χ2v) is 27.0. The fourth-order valence-electron chi connectivity index (χ4n) is 10.8. The molecule has 1 saturated carbocycles. The maximum atomic E-state index is 14.7. The van der Waals surface area contributed by atoms with E-state index in [0.29, 0.717) is 56.0 Å². The normalized spacial score (nSPS) is 20.8. The largest absolute Gasteiger partial charge is 0.480 e. The van der Waals surface area contributed by atoms with E-state index in [9.17, 15) is 38.4 Å². The van der Waals surface area contributed by atoms with E-state index in [1.54, 1.807) is 50.7 Å². The number of carboxylic acid groups (broad SMARTS) is 1. The summed E-state index contributed by atoms with van der Waals surface area (Å²) >= 11 is 1.12. The number of nitrogens with one attached hydrogen (secondary N) is 4. The van der Waals surface area contributed by atoms with Crippen molar-refractivity contribution >= 4 is 80.3 Å². The van der Waals surface area contributed by atoms with Crippen molar-refractivity contribution in [1.82, 2.24) is 36.1 Å². The minimum absolute atomic E-state index is 0.0354. The molecule has 5 rings (SSSR count). The Bertz CT molecular complexity index is 2400. The molecule has 0 spiro atoms. The number of benzene rings is 1. The van der Waals surface area contributed by atoms with Crippen LogP contribution in [0, 0.1) is 17.8 Å². The smallest absolute Gasteiger partial charge is 0.322 e. The number of hydrogen-bond donors (Lipinski definition) is 5. The number of hydrogen-bond acceptors (Lipinski definition) is 14. The van der Waals surface area contributed by atoms with Gasteiger partial charge in [0.2, 0.25) is 23.6 Å². The van der Waals surface area contributed by atoms with Gasteiger partial charge in [-0.15, -0.1) is 11.3 Å². The van der Waals surface area contributed by atoms with Crippen LogP contribution in [0.25, 0.3) is 0 Å². The highest BCUT2D eigenvalue weighted by Crippen LogP contribution is 2.45. The van der Waals surface area contributed by atoms with E-state index in [-0.39, 0.29) is 57.9 Å². The number of piperidine rings is 1. The van der Waals surface area contributed by atoms with Crippen LogP contribution in [-0.2, 0) is 49.5 Å². The summed E-state index contributed by atoms with van der Waals surface area (Å²) in [7, 11) is 5.13. The first kappa shape index (κ1) is 65.1. The maximum Gasteiger partial charge on any atom is 0.322 e. The molecule has 79 heavy (non-hydrogen) atoms. The minimum atomic E-state index is -1.38. The van der Waals surface area contributed by atoms with E-state index in [0.717, 1.165) is 61.2 Å². The molecule has 2 saturated heterocycles. The number of likely N-dealkylation sites (tertiary alicyclic amines) is 1. The zero-order valence-corrected chi connectivity index (χ0v) is 50.9. The second kappa shape index (κ2) is 29.8. The molecule has 18 nitrogen and oxygen atoms in total. The molecule has 3 heterocycles. The summed E-state index contributed by atoms with van der Waals surface area (Å²) in [6, 6.07) is 6.45. The molecule has 3 unspecified atom stereocenters. The molecule has 3 fully saturated rings. The average Bonchev–Trinajstić information content (AvgIpc) is 4.42. The third kappa shape index (κ3) is 18.6. The standard InChI is InChI=1S/C58H89N7O11S3/c1-12-28-58(14-3,40-25-26-40)63-46(67)27-29-56(8,9)79-78-31-20-24-47(68)65-30-19-18-23-43(65)52(72)62-49(37(6)13-2)54(73)64(11)44(36(4)5)33-45(75-38(7)66)53-61-42(35-77-53)51(71)60-41(32-39-21-16-15-17-22-39)50-57(10,76-50)55(74)59-34-48(69)70/h15-17,21-22,35-37,40-41,43-45,49-50H,12-14,18-20,23-34H2,1-11H3,(H,59,74)(H,60,71)(H,62,72)(H,63,67)(H,69,70)/t37-,41-,43+,44+,45+,49-,50?,57?,58?/m0/s1. The molecule has 2 aromatic rings. The van der Waals surface area contributed by atoms with Crippen LogP contribution < -0.4 is 21.3 Å². The number of carbonyl (C=O) groups is 8. The third-order valence-electron chi connectivity index (χ3n) is 15.9. The maximum absolute atomic E-state index is 14.7. The molecule has 1 aromatic carbocycles. The number of carbonyl (C=O) groups excluding carboxylic acids is 7. The van der Waals surface area contributed by atoms with Gasteiger partial charge in [0.05, 0.1) is 6.04 Å². The lowest BCUT2D eigenvalue weighted by Crippen LogP contribution is -2.59. The number of esters is 1. The molecular formula is C58H89N7O11S3. The second-order valence-electron chi connectivity index (χ2n) is 23.0. The predicted octanol–water partition coefficient (Wildman–Crippen LogP) is 8.43. The van der Waals surface area contributed by atoms with Gasteiger partial charge in [-0.3, -0.25) is 38.4 Å². The van der Waals surface area contributed by atoms with Crippen LogP contribution in [0.15, 0.2) is 35.7 Å². The number of likely N-dealkylation sites (N-methyl/N-ethyl adjacent to an activating group) is 1. The summed E-state index contributed by atoms with van der Waals surface area (Å²) in [5.74, 6) is -2.72. The Balaban J connectivity index is 1.19. The number of thiazole rings is 1. The average molecular weight is 1160 g/mol. The lowest BCUT2D eigenvalue weighted by molar-refractivity contribution is -0.149. The van der Waals surface area contributed by atoms with Gasteiger partial charge in [0.15, 0.2) is 11.7 Å². The van der Waals surface area contributed by atoms with Gasteiger partial charge < -0.3 is 45.6 Å². The summed E-state index contributed by atoms with van der Waals surface area (Å²) in [6.07, 6.45) is 8.86. The van der Waals surface area contributed by atoms with Crippen LogP contribution in [0.2, 0.25) is 0 Å². The molecule has 0 radical (unpaired) electrons. The number of amides is 6. The number of rotatable bonds is 33. The van der Waals surface area contributed by atoms with E-state index >= 15 is 0 Å². The highest BCUT2D eigenvalue weighted by molar-refractivity contribution is 8.77. The van der Waals surface area contributed by atoms with Crippen molar-refractivity contribution in [2.75, 3.05) is 25.9 Å². The van der Waals surface area contributed by atoms with Gasteiger partial charge in [0.1, 0.15) is 35.4 Å². The van der Waals surface area contributed by atoms with E-state index < -0.39 is 72.3 Å². The van der Waals surface area contributed by atoms with E-state index in [2.05, 4.69) is 53.9 Å². The molecule has 0 bridgehead atoms. The number of aromatic nitrogens is 1. The Hall–Kier alpha value is -4.73. The lowest BCUT2D eigenvalue weighted by Gasteiger charge is -2.39. The summed E-state index contributed by atoms with van der Waals surface area (Å²) < 4.78 is 11.6. The summed E-state index contributed by atoms with van der Waals surface area (Å²) in [5, 5.41) is 22.8. The first-order valence-electron chi connectivity index (χ1n) is 28.5. The molecule has 21 heteroatoms. The number of epoxide rings is 1. The minimum Gasteiger partial charge on any atom is -0.480 e. The highest BCUT2D eigenvalue weighted by Gasteiger charge is 2.62. The molecule has 3 aliphatic rings. The van der Waals surface area contributed by atoms with Crippen LogP contribution in [0.1, 0.15) is 186 Å². The van der Waals surface area contributed by atoms with E-state index in [4.69, 9.17) is 14.6 Å². The Kier molecular flexibility index (Phi) is 24.6. The predicted molar refractivity (Wildman–Crippen MR) is 310 cm³/mol. The van der Waals surface area contributed by atoms with Crippen LogP contribution in [0.4, 0.5) is 0 Å². The lowest BCUT2D eigenvalue weighted by atomic mass is 9.85. The van der Waals surface area contributed by atoms with Crippen LogP contribution in [0.5, 0.6) is 0 Å². The third-order valence-corrected chi connectivity index (χ3v) is 20.3. The van der Waals surface area contributed by atoms with Crippen LogP contribution in [0.3, 0.4) is 0 Å². The van der Waals surface area contributed by atoms with Crippen LogP contribution in [-0.4, -0.2) is 139 Å². The SMILES string of the molecule is CCCC(CC)(NC(=O)CCC(C)(C)SSCCCC(=O)N1CCCC[C@@H]1C(=O)N[C@H](C(=O)N(C)[C@H](C[C@@H](OC(C)=O)c1nc(C(=O)N[C@@H](Cc2ccccc2)C2OC2(C)C(=O)NCC(=O)O)cs1)C(C)C)[C@@H](C)CC)C1CC1. The fourth-order valence-corrected chi connectivity index (χ4v) is 14.3. The fraction of sp³-hybridized carbons (Fsp3) is 0.707. The summed E-state index contributed by atoms with van der Waals surface area (Å²) in [5.41, 5.74) is -0.563. The Morgan fingerprint density at radius 2 is 1.70 bits per heavy atom. The Morgan fingerprint density at radius 1 is 0.987 bits per heavy atom. The quantitative estimate of drug-likeness (QED) is 0.0195. The van der Waals surface area contributed by atoms with Gasteiger partial charge in [0, 0.05) is 67.2 Å². The molecule has 1 aromatic heterocycles. The van der Waals surface area contributed by atoms with Crippen molar-refractivity contribution in [2.45, 2.75) is 218 Å². The monoisotopic (exact) mass is 1160 g/mol. The van der Waals surface area contributed by atoms with Gasteiger partial charge in [-0.25, -0.2) is 4.98 Å². The van der Waals surface area contributed by atoms with E-state index in [1.165, 1.54) is 19.8 Å². The Morgan fingerprint density at radius 3 is 2.32 bits per heavy atom. The first-order valence-corrected chi connectivity index (χ1v) is 31.7.